The van der Waals surface area contributed by atoms with Gasteiger partial charge in [0.1, 0.15) is 0 Å². The molecule has 0 saturated carbocycles. The molecule has 3 nitrogen and oxygen atoms in total. The fraction of sp³-hybridized carbons (Fsp3) is 0.647. The third-order valence-electron chi connectivity index (χ3n) is 4.06. The van der Waals surface area contributed by atoms with Gasteiger partial charge in [-0.2, -0.15) is 0 Å². The Labute approximate surface area is 123 Å². The van der Waals surface area contributed by atoms with Crippen molar-refractivity contribution in [1.29, 1.82) is 0 Å². The second-order valence-electron chi connectivity index (χ2n) is 6.09. The van der Waals surface area contributed by atoms with Gasteiger partial charge in [0.2, 0.25) is 0 Å². The number of hydrogen-bond acceptors (Lipinski definition) is 3. The van der Waals surface area contributed by atoms with Crippen LogP contribution in [0.2, 0.25) is 0 Å². The first kappa shape index (κ1) is 15.3. The van der Waals surface area contributed by atoms with Crippen LogP contribution in [0.3, 0.4) is 0 Å². The van der Waals surface area contributed by atoms with Gasteiger partial charge in [-0.1, -0.05) is 12.1 Å². The zero-order valence-corrected chi connectivity index (χ0v) is 12.8. The van der Waals surface area contributed by atoms with E-state index in [0.717, 1.165) is 25.4 Å². The highest BCUT2D eigenvalue weighted by Gasteiger charge is 2.16. The molecule has 1 atom stereocenters. The summed E-state index contributed by atoms with van der Waals surface area (Å²) >= 11 is 0. The molecule has 0 aliphatic carbocycles. The van der Waals surface area contributed by atoms with Gasteiger partial charge in [-0.05, 0) is 63.8 Å². The van der Waals surface area contributed by atoms with Gasteiger partial charge in [0, 0.05) is 24.9 Å². The quantitative estimate of drug-likeness (QED) is 0.775. The molecule has 3 heteroatoms. The molecule has 1 saturated heterocycles. The molecule has 1 aliphatic rings. The zero-order chi connectivity index (χ0) is 14.4. The Morgan fingerprint density at radius 1 is 1.40 bits per heavy atom. The molecule has 0 amide bonds. The van der Waals surface area contributed by atoms with Gasteiger partial charge in [0.05, 0.1) is 6.10 Å². The average molecular weight is 276 g/mol. The summed E-state index contributed by atoms with van der Waals surface area (Å²) in [5, 5.41) is 0. The summed E-state index contributed by atoms with van der Waals surface area (Å²) < 4.78 is 5.69. The monoisotopic (exact) mass is 276 g/mol. The summed E-state index contributed by atoms with van der Waals surface area (Å²) in [6.45, 7) is 7.60. The third-order valence-corrected chi connectivity index (χ3v) is 4.06. The van der Waals surface area contributed by atoms with E-state index in [-0.39, 0.29) is 0 Å². The molecular weight excluding hydrogens is 248 g/mol. The predicted molar refractivity (Wildman–Crippen MR) is 84.6 cm³/mol. The van der Waals surface area contributed by atoms with E-state index in [1.54, 1.807) is 0 Å². The van der Waals surface area contributed by atoms with Crippen molar-refractivity contribution in [2.75, 3.05) is 18.9 Å². The maximum Gasteiger partial charge on any atom is 0.0576 e. The maximum atomic E-state index is 5.86. The van der Waals surface area contributed by atoms with Crippen LogP contribution in [0.4, 0.5) is 5.69 Å². The second-order valence-corrected chi connectivity index (χ2v) is 6.09. The molecule has 1 aromatic rings. The largest absolute Gasteiger partial charge is 0.399 e. The van der Waals surface area contributed by atoms with Crippen molar-refractivity contribution in [1.82, 2.24) is 4.90 Å². The Morgan fingerprint density at radius 2 is 2.25 bits per heavy atom. The van der Waals surface area contributed by atoms with Crippen LogP contribution in [-0.2, 0) is 11.3 Å². The maximum absolute atomic E-state index is 5.86. The van der Waals surface area contributed by atoms with Gasteiger partial charge in [-0.3, -0.25) is 4.90 Å². The van der Waals surface area contributed by atoms with E-state index < -0.39 is 0 Å². The molecule has 0 radical (unpaired) electrons. The number of nitrogens with two attached hydrogens (primary N) is 1. The number of anilines is 1. The van der Waals surface area contributed by atoms with E-state index in [1.807, 2.05) is 12.1 Å². The van der Waals surface area contributed by atoms with Crippen LogP contribution in [0.15, 0.2) is 24.3 Å². The molecule has 112 valence electrons. The van der Waals surface area contributed by atoms with Crippen LogP contribution in [-0.4, -0.2) is 30.2 Å². The Bertz CT molecular complexity index is 400. The van der Waals surface area contributed by atoms with Gasteiger partial charge >= 0.3 is 0 Å². The summed E-state index contributed by atoms with van der Waals surface area (Å²) in [6.07, 6.45) is 5.40. The SMILES string of the molecule is CC(C)N(CCCC1CCCO1)Cc1cccc(N)c1. The van der Waals surface area contributed by atoms with Crippen molar-refractivity contribution < 1.29 is 4.74 Å². The van der Waals surface area contributed by atoms with Gasteiger partial charge in [0.25, 0.3) is 0 Å². The smallest absolute Gasteiger partial charge is 0.0576 e. The molecule has 0 bridgehead atoms. The lowest BCUT2D eigenvalue weighted by molar-refractivity contribution is 0.0962. The summed E-state index contributed by atoms with van der Waals surface area (Å²) in [7, 11) is 0. The minimum atomic E-state index is 0.511. The van der Waals surface area contributed by atoms with Crippen molar-refractivity contribution >= 4 is 5.69 Å². The van der Waals surface area contributed by atoms with Crippen LogP contribution in [0.5, 0.6) is 0 Å². The van der Waals surface area contributed by atoms with Crippen molar-refractivity contribution in [2.24, 2.45) is 0 Å². The number of nitrogens with zero attached hydrogens (tertiary/aromatic N) is 1. The fourth-order valence-corrected chi connectivity index (χ4v) is 2.84. The topological polar surface area (TPSA) is 38.5 Å². The first-order valence-electron chi connectivity index (χ1n) is 7.85. The van der Waals surface area contributed by atoms with Gasteiger partial charge in [-0.25, -0.2) is 0 Å². The molecule has 2 N–H and O–H groups in total. The van der Waals surface area contributed by atoms with Gasteiger partial charge < -0.3 is 10.5 Å². The molecular formula is C17H28N2O. The van der Waals surface area contributed by atoms with Crippen LogP contribution in [0, 0.1) is 0 Å². The van der Waals surface area contributed by atoms with Crippen molar-refractivity contribution in [3.8, 4) is 0 Å². The predicted octanol–water partition coefficient (Wildman–Crippen LogP) is 3.44. The molecule has 1 aliphatic heterocycles. The standard InChI is InChI=1S/C17H28N2O/c1-14(2)19(10-4-8-17-9-5-11-20-17)13-15-6-3-7-16(18)12-15/h3,6-7,12,14,17H,4-5,8-11,13,18H2,1-2H3. The summed E-state index contributed by atoms with van der Waals surface area (Å²) in [5.41, 5.74) is 8.01. The number of benzene rings is 1. The van der Waals surface area contributed by atoms with Crippen LogP contribution >= 0.6 is 0 Å². The first-order valence-corrected chi connectivity index (χ1v) is 7.85. The van der Waals surface area contributed by atoms with E-state index in [2.05, 4.69) is 30.9 Å². The average Bonchev–Trinajstić information content (AvgIpc) is 2.90. The Kier molecular flexibility index (Phi) is 5.86. The lowest BCUT2D eigenvalue weighted by Gasteiger charge is -2.27. The van der Waals surface area contributed by atoms with Crippen molar-refractivity contribution in [3.63, 3.8) is 0 Å². The summed E-state index contributed by atoms with van der Waals surface area (Å²) in [4.78, 5) is 2.52. The highest BCUT2D eigenvalue weighted by molar-refractivity contribution is 5.40. The molecule has 2 rings (SSSR count). The number of hydrogen-bond donors (Lipinski definition) is 1. The second kappa shape index (κ2) is 7.65. The third kappa shape index (κ3) is 4.80. The minimum Gasteiger partial charge on any atom is -0.399 e. The van der Waals surface area contributed by atoms with E-state index in [1.165, 1.54) is 31.2 Å². The highest BCUT2D eigenvalue weighted by Crippen LogP contribution is 2.18. The Hall–Kier alpha value is -1.06. The molecule has 20 heavy (non-hydrogen) atoms. The lowest BCUT2D eigenvalue weighted by Crippen LogP contribution is -2.31. The minimum absolute atomic E-state index is 0.511. The molecule has 0 aromatic heterocycles. The number of nitrogen functional groups attached to an aromatic ring is 1. The number of ether oxygens (including phenoxy) is 1. The lowest BCUT2D eigenvalue weighted by atomic mass is 10.1. The van der Waals surface area contributed by atoms with Gasteiger partial charge in [-0.15, -0.1) is 0 Å². The summed E-state index contributed by atoms with van der Waals surface area (Å²) in [5.74, 6) is 0. The summed E-state index contributed by atoms with van der Waals surface area (Å²) in [6, 6.07) is 8.78. The van der Waals surface area contributed by atoms with Gasteiger partial charge in [0.15, 0.2) is 0 Å². The van der Waals surface area contributed by atoms with E-state index in [0.29, 0.717) is 12.1 Å². The Morgan fingerprint density at radius 3 is 2.90 bits per heavy atom. The van der Waals surface area contributed by atoms with Crippen LogP contribution < -0.4 is 5.73 Å². The molecule has 1 heterocycles. The van der Waals surface area contributed by atoms with E-state index >= 15 is 0 Å². The highest BCUT2D eigenvalue weighted by atomic mass is 16.5. The Balaban J connectivity index is 1.80. The van der Waals surface area contributed by atoms with Crippen LogP contribution in [0.25, 0.3) is 0 Å². The van der Waals surface area contributed by atoms with Crippen molar-refractivity contribution in [2.45, 2.75) is 58.2 Å². The molecule has 1 aromatic carbocycles. The van der Waals surface area contributed by atoms with Crippen molar-refractivity contribution in [3.05, 3.63) is 29.8 Å². The number of rotatable bonds is 7. The van der Waals surface area contributed by atoms with Crippen LogP contribution in [0.1, 0.15) is 45.1 Å². The first-order chi connectivity index (χ1) is 9.65. The fourth-order valence-electron chi connectivity index (χ4n) is 2.84. The van der Waals surface area contributed by atoms with E-state index in [4.69, 9.17) is 10.5 Å². The normalized spacial score (nSPS) is 19.1. The zero-order valence-electron chi connectivity index (χ0n) is 12.8. The van der Waals surface area contributed by atoms with E-state index in [9.17, 15) is 0 Å². The molecule has 1 unspecified atom stereocenters. The molecule has 0 spiro atoms. The molecule has 1 fully saturated rings.